The molecule has 38 heavy (non-hydrogen) atoms. The van der Waals surface area contributed by atoms with Crippen molar-refractivity contribution in [1.82, 2.24) is 9.88 Å². The smallest absolute Gasteiger partial charge is 0.422 e. The monoisotopic (exact) mass is 540 g/mol. The number of alkyl halides is 3. The van der Waals surface area contributed by atoms with Gasteiger partial charge in [-0.25, -0.2) is 0 Å². The minimum absolute atomic E-state index is 0.00986. The standard InChI is InChI=1S/C24H21F5N4O5/c1-33(2)23(34)13-5-4-6-14(9-13)37-21-17(25)19(36-11-24(27,28)29)18(26)22(32-21)38-16-10-12(20(30)31)7-8-15(16)35-3/h4-10H,11H2,1-3H3,(H3,30,31). The van der Waals surface area contributed by atoms with Crippen LogP contribution in [-0.4, -0.2) is 55.6 Å². The third kappa shape index (κ3) is 6.57. The largest absolute Gasteiger partial charge is 0.493 e. The summed E-state index contributed by atoms with van der Waals surface area (Å²) in [6.45, 7) is -2.03. The van der Waals surface area contributed by atoms with Crippen LogP contribution >= 0.6 is 0 Å². The van der Waals surface area contributed by atoms with Crippen molar-refractivity contribution < 1.29 is 45.7 Å². The van der Waals surface area contributed by atoms with Crippen LogP contribution in [-0.2, 0) is 0 Å². The Labute approximate surface area is 213 Å². The van der Waals surface area contributed by atoms with Crippen LogP contribution in [0.1, 0.15) is 15.9 Å². The van der Waals surface area contributed by atoms with Crippen molar-refractivity contribution in [1.29, 1.82) is 5.41 Å². The van der Waals surface area contributed by atoms with E-state index >= 15 is 8.78 Å². The summed E-state index contributed by atoms with van der Waals surface area (Å²) in [5, 5.41) is 7.56. The molecule has 1 aromatic heterocycles. The van der Waals surface area contributed by atoms with E-state index < -0.39 is 47.8 Å². The van der Waals surface area contributed by atoms with E-state index in [2.05, 4.69) is 9.72 Å². The Balaban J connectivity index is 2.10. The molecule has 0 aliphatic heterocycles. The summed E-state index contributed by atoms with van der Waals surface area (Å²) in [6, 6.07) is 9.30. The number of halogens is 5. The Morgan fingerprint density at radius 2 is 1.66 bits per heavy atom. The lowest BCUT2D eigenvalue weighted by molar-refractivity contribution is -0.154. The van der Waals surface area contributed by atoms with E-state index in [4.69, 9.17) is 25.4 Å². The number of carbonyl (C=O) groups is 1. The van der Waals surface area contributed by atoms with Crippen LogP contribution < -0.4 is 24.7 Å². The predicted octanol–water partition coefficient (Wildman–Crippen LogP) is 4.88. The van der Waals surface area contributed by atoms with Gasteiger partial charge >= 0.3 is 6.18 Å². The molecule has 0 radical (unpaired) electrons. The number of ether oxygens (including phenoxy) is 4. The molecule has 14 heteroatoms. The predicted molar refractivity (Wildman–Crippen MR) is 124 cm³/mol. The van der Waals surface area contributed by atoms with Gasteiger partial charge in [-0.05, 0) is 36.4 Å². The Morgan fingerprint density at radius 1 is 1.00 bits per heavy atom. The van der Waals surface area contributed by atoms with Crippen LogP contribution in [0.5, 0.6) is 34.8 Å². The van der Waals surface area contributed by atoms with Crippen molar-refractivity contribution >= 4 is 11.7 Å². The molecule has 0 saturated heterocycles. The minimum atomic E-state index is -4.93. The maximum absolute atomic E-state index is 15.1. The van der Waals surface area contributed by atoms with E-state index in [-0.39, 0.29) is 34.2 Å². The normalized spacial score (nSPS) is 11.1. The molecule has 1 heterocycles. The summed E-state index contributed by atoms with van der Waals surface area (Å²) in [5.74, 6) is -8.06. The number of nitrogens with one attached hydrogen (secondary N) is 1. The maximum Gasteiger partial charge on any atom is 0.422 e. The molecule has 0 bridgehead atoms. The maximum atomic E-state index is 15.1. The van der Waals surface area contributed by atoms with Crippen LogP contribution in [0.15, 0.2) is 42.5 Å². The summed E-state index contributed by atoms with van der Waals surface area (Å²) in [6.07, 6.45) is -4.93. The molecule has 0 aliphatic carbocycles. The molecule has 9 nitrogen and oxygen atoms in total. The number of benzene rings is 2. The number of carbonyl (C=O) groups excluding carboxylic acids is 1. The molecule has 0 spiro atoms. The lowest BCUT2D eigenvalue weighted by atomic mass is 10.2. The number of rotatable bonds is 9. The van der Waals surface area contributed by atoms with Crippen molar-refractivity contribution in [3.63, 3.8) is 0 Å². The van der Waals surface area contributed by atoms with Gasteiger partial charge in [0.15, 0.2) is 18.1 Å². The molecular formula is C24H21F5N4O5. The number of nitrogen functional groups attached to an aromatic ring is 1. The van der Waals surface area contributed by atoms with Crippen LogP contribution in [0.4, 0.5) is 22.0 Å². The van der Waals surface area contributed by atoms with Gasteiger partial charge in [0.2, 0.25) is 17.4 Å². The minimum Gasteiger partial charge on any atom is -0.493 e. The third-order valence-corrected chi connectivity index (χ3v) is 4.74. The molecule has 0 fully saturated rings. The van der Waals surface area contributed by atoms with Gasteiger partial charge in [-0.2, -0.15) is 26.9 Å². The zero-order valence-corrected chi connectivity index (χ0v) is 20.2. The molecule has 0 saturated carbocycles. The molecule has 3 N–H and O–H groups in total. The van der Waals surface area contributed by atoms with Gasteiger partial charge in [-0.3, -0.25) is 10.2 Å². The first-order chi connectivity index (χ1) is 17.8. The second kappa shape index (κ2) is 11.2. The van der Waals surface area contributed by atoms with Crippen molar-refractivity contribution in [2.24, 2.45) is 5.73 Å². The molecule has 3 aromatic rings. The summed E-state index contributed by atoms with van der Waals surface area (Å²) in [5.41, 5.74) is 5.74. The number of nitrogens with two attached hydrogens (primary N) is 1. The number of hydrogen-bond acceptors (Lipinski definition) is 7. The Kier molecular flexibility index (Phi) is 8.23. The second-order valence-corrected chi connectivity index (χ2v) is 7.79. The van der Waals surface area contributed by atoms with E-state index in [1.54, 1.807) is 0 Å². The summed E-state index contributed by atoms with van der Waals surface area (Å²) < 4.78 is 88.8. The molecule has 2 aromatic carbocycles. The Bertz CT molecular complexity index is 1360. The molecule has 1 amide bonds. The first-order valence-electron chi connectivity index (χ1n) is 10.6. The molecule has 202 valence electrons. The average Bonchev–Trinajstić information content (AvgIpc) is 2.85. The number of hydrogen-bond donors (Lipinski definition) is 2. The van der Waals surface area contributed by atoms with Gasteiger partial charge in [0.05, 0.1) is 7.11 Å². The second-order valence-electron chi connectivity index (χ2n) is 7.79. The fraction of sp³-hybridized carbons (Fsp3) is 0.208. The van der Waals surface area contributed by atoms with Crippen LogP contribution in [0, 0.1) is 17.0 Å². The van der Waals surface area contributed by atoms with Crippen molar-refractivity contribution in [2.75, 3.05) is 27.8 Å². The lowest BCUT2D eigenvalue weighted by Gasteiger charge is -2.17. The number of aromatic nitrogens is 1. The van der Waals surface area contributed by atoms with Crippen LogP contribution in [0.2, 0.25) is 0 Å². The average molecular weight is 540 g/mol. The highest BCUT2D eigenvalue weighted by Gasteiger charge is 2.32. The SMILES string of the molecule is COc1ccc(C(=N)N)cc1Oc1nc(Oc2cccc(C(=O)N(C)C)c2)c(F)c(OCC(F)(F)F)c1F. The Morgan fingerprint density at radius 3 is 2.24 bits per heavy atom. The summed E-state index contributed by atoms with van der Waals surface area (Å²) in [7, 11) is 4.25. The molecule has 0 unspecified atom stereocenters. The van der Waals surface area contributed by atoms with Crippen molar-refractivity contribution in [2.45, 2.75) is 6.18 Å². The van der Waals surface area contributed by atoms with Gasteiger partial charge in [0.1, 0.15) is 11.6 Å². The highest BCUT2D eigenvalue weighted by molar-refractivity contribution is 5.95. The highest BCUT2D eigenvalue weighted by atomic mass is 19.4. The molecule has 3 rings (SSSR count). The van der Waals surface area contributed by atoms with Gasteiger partial charge in [-0.1, -0.05) is 6.07 Å². The Hall–Kier alpha value is -4.62. The lowest BCUT2D eigenvalue weighted by Crippen LogP contribution is -2.21. The third-order valence-electron chi connectivity index (χ3n) is 4.74. The first-order valence-corrected chi connectivity index (χ1v) is 10.6. The van der Waals surface area contributed by atoms with E-state index in [0.29, 0.717) is 0 Å². The first kappa shape index (κ1) is 28.0. The quantitative estimate of drug-likeness (QED) is 0.226. The molecule has 0 atom stereocenters. The van der Waals surface area contributed by atoms with Crippen LogP contribution in [0.3, 0.4) is 0 Å². The van der Waals surface area contributed by atoms with E-state index in [0.717, 1.165) is 0 Å². The zero-order valence-electron chi connectivity index (χ0n) is 20.2. The number of pyridine rings is 1. The number of amidine groups is 1. The summed E-state index contributed by atoms with van der Waals surface area (Å²) >= 11 is 0. The molecule has 0 aliphatic rings. The zero-order chi connectivity index (χ0) is 28.2. The van der Waals surface area contributed by atoms with Gasteiger partial charge < -0.3 is 29.6 Å². The fourth-order valence-electron chi connectivity index (χ4n) is 2.99. The topological polar surface area (TPSA) is 120 Å². The van der Waals surface area contributed by atoms with E-state index in [1.807, 2.05) is 0 Å². The van der Waals surface area contributed by atoms with E-state index in [1.165, 1.54) is 68.6 Å². The number of methoxy groups -OCH3 is 1. The summed E-state index contributed by atoms with van der Waals surface area (Å²) in [4.78, 5) is 17.1. The van der Waals surface area contributed by atoms with E-state index in [9.17, 15) is 18.0 Å². The van der Waals surface area contributed by atoms with Gasteiger partial charge in [-0.15, -0.1) is 0 Å². The van der Waals surface area contributed by atoms with Gasteiger partial charge in [0.25, 0.3) is 17.7 Å². The number of nitrogens with zero attached hydrogens (tertiary/aromatic N) is 2. The fourth-order valence-corrected chi connectivity index (χ4v) is 2.99. The van der Waals surface area contributed by atoms with Gasteiger partial charge in [0, 0.05) is 25.2 Å². The van der Waals surface area contributed by atoms with Crippen molar-refractivity contribution in [3.05, 3.63) is 65.2 Å². The van der Waals surface area contributed by atoms with Crippen molar-refractivity contribution in [3.8, 4) is 34.8 Å². The number of amides is 1. The van der Waals surface area contributed by atoms with Crippen LogP contribution in [0.25, 0.3) is 0 Å². The molecular weight excluding hydrogens is 519 g/mol. The highest BCUT2D eigenvalue weighted by Crippen LogP contribution is 2.40.